The zero-order valence-corrected chi connectivity index (χ0v) is 4.70. The fraction of sp³-hybridized carbons (Fsp3) is 0.200. The molecule has 0 saturated heterocycles. The van der Waals surface area contributed by atoms with Crippen molar-refractivity contribution in [3.63, 3.8) is 0 Å². The maximum absolute atomic E-state index is 3.68. The van der Waals surface area contributed by atoms with Crippen LogP contribution in [0.4, 0.5) is 0 Å². The number of likely N-dealkylation sites (N-methyl/N-ethyl adjacent to an activating group) is 1. The van der Waals surface area contributed by atoms with Gasteiger partial charge in [0.2, 0.25) is 0 Å². The van der Waals surface area contributed by atoms with E-state index in [0.29, 0.717) is 0 Å². The van der Waals surface area contributed by atoms with Crippen LogP contribution in [0.25, 0.3) is 0 Å². The van der Waals surface area contributed by atoms with Gasteiger partial charge in [-0.05, 0) is 6.08 Å². The Morgan fingerprint density at radius 1 is 1.75 bits per heavy atom. The number of nitrogens with zero attached hydrogens (tertiary/aromatic N) is 3. The van der Waals surface area contributed by atoms with E-state index in [2.05, 4.69) is 16.9 Å². The molecule has 3 heteroatoms. The molecule has 1 heterocycles. The van der Waals surface area contributed by atoms with Gasteiger partial charge in [-0.2, -0.15) is 0 Å². The van der Waals surface area contributed by atoms with Crippen LogP contribution in [0.15, 0.2) is 34.9 Å². The zero-order chi connectivity index (χ0) is 5.98. The van der Waals surface area contributed by atoms with Crippen LogP contribution in [-0.4, -0.2) is 12.1 Å². The van der Waals surface area contributed by atoms with Gasteiger partial charge >= 0.3 is 0 Å². The predicted molar refractivity (Wildman–Crippen MR) is 30.9 cm³/mol. The number of hydrogen-bond acceptors (Lipinski definition) is 3. The van der Waals surface area contributed by atoms with Gasteiger partial charge in [0.25, 0.3) is 0 Å². The molecule has 3 nitrogen and oxygen atoms in total. The van der Waals surface area contributed by atoms with Crippen LogP contribution >= 0.6 is 0 Å². The van der Waals surface area contributed by atoms with Crippen LogP contribution in [0.3, 0.4) is 0 Å². The van der Waals surface area contributed by atoms with Gasteiger partial charge in [0, 0.05) is 7.05 Å². The first-order valence-corrected chi connectivity index (χ1v) is 2.30. The minimum Gasteiger partial charge on any atom is -0.251 e. The molecule has 0 unspecified atom stereocenters. The molecule has 0 bridgehead atoms. The Morgan fingerprint density at radius 2 is 2.50 bits per heavy atom. The first-order valence-electron chi connectivity index (χ1n) is 2.30. The minimum atomic E-state index is 0.861. The molecule has 0 amide bonds. The van der Waals surface area contributed by atoms with Crippen molar-refractivity contribution in [3.05, 3.63) is 24.6 Å². The van der Waals surface area contributed by atoms with E-state index in [9.17, 15) is 0 Å². The second-order valence-electron chi connectivity index (χ2n) is 1.54. The molecule has 0 spiro atoms. The van der Waals surface area contributed by atoms with E-state index in [4.69, 9.17) is 0 Å². The molecule has 1 aliphatic heterocycles. The number of allylic oxidation sites excluding steroid dienone is 1. The molecule has 8 heavy (non-hydrogen) atoms. The lowest BCUT2D eigenvalue weighted by atomic mass is 10.4. The van der Waals surface area contributed by atoms with Crippen LogP contribution < -0.4 is 0 Å². The summed E-state index contributed by atoms with van der Waals surface area (Å²) in [5.41, 5.74) is 0.861. The summed E-state index contributed by atoms with van der Waals surface area (Å²) in [5.74, 6) is 0. The highest BCUT2D eigenvalue weighted by Crippen LogP contribution is 2.05. The molecule has 0 aromatic heterocycles. The lowest BCUT2D eigenvalue weighted by Crippen LogP contribution is -2.07. The van der Waals surface area contributed by atoms with Gasteiger partial charge in [0.05, 0.1) is 11.9 Å². The fourth-order valence-electron chi connectivity index (χ4n) is 0.392. The average molecular weight is 109 g/mol. The molecule has 0 radical (unpaired) electrons. The number of rotatable bonds is 0. The monoisotopic (exact) mass is 109 g/mol. The topological polar surface area (TPSA) is 28.0 Å². The van der Waals surface area contributed by atoms with Gasteiger partial charge in [-0.25, -0.2) is 0 Å². The molecular formula is C5H7N3. The van der Waals surface area contributed by atoms with Crippen molar-refractivity contribution < 1.29 is 0 Å². The van der Waals surface area contributed by atoms with Crippen molar-refractivity contribution >= 4 is 0 Å². The molecule has 1 rings (SSSR count). The highest BCUT2D eigenvalue weighted by molar-refractivity contribution is 5.12. The molecule has 0 fully saturated rings. The first-order chi connectivity index (χ1) is 3.80. The highest BCUT2D eigenvalue weighted by Gasteiger charge is 1.96. The molecule has 1 aliphatic rings. The smallest absolute Gasteiger partial charge is 0.0552 e. The lowest BCUT2D eigenvalue weighted by molar-refractivity contribution is 0.423. The minimum absolute atomic E-state index is 0.861. The quantitative estimate of drug-likeness (QED) is 0.461. The third-order valence-electron chi connectivity index (χ3n) is 0.935. The molecule has 0 aliphatic carbocycles. The second-order valence-corrected chi connectivity index (χ2v) is 1.54. The van der Waals surface area contributed by atoms with Crippen molar-refractivity contribution in [2.75, 3.05) is 7.05 Å². The van der Waals surface area contributed by atoms with Crippen LogP contribution in [0.1, 0.15) is 0 Å². The summed E-state index contributed by atoms with van der Waals surface area (Å²) in [6, 6.07) is 0. The Bertz CT molecular complexity index is 157. The Morgan fingerprint density at radius 3 is 2.88 bits per heavy atom. The van der Waals surface area contributed by atoms with Crippen molar-refractivity contribution in [2.45, 2.75) is 0 Å². The highest BCUT2D eigenvalue weighted by atomic mass is 15.5. The lowest BCUT2D eigenvalue weighted by Gasteiger charge is -2.11. The average Bonchev–Trinajstić information content (AvgIpc) is 1.77. The van der Waals surface area contributed by atoms with Crippen LogP contribution in [0.2, 0.25) is 0 Å². The van der Waals surface area contributed by atoms with Crippen LogP contribution in [-0.2, 0) is 0 Å². The predicted octanol–water partition coefficient (Wildman–Crippen LogP) is 1.33. The summed E-state index contributed by atoms with van der Waals surface area (Å²) in [4.78, 5) is 0. The Hall–Kier alpha value is -1.12. The molecule has 0 saturated carbocycles. The summed E-state index contributed by atoms with van der Waals surface area (Å²) >= 11 is 0. The van der Waals surface area contributed by atoms with E-state index in [1.54, 1.807) is 24.3 Å². The van der Waals surface area contributed by atoms with Gasteiger partial charge in [-0.3, -0.25) is 5.01 Å². The van der Waals surface area contributed by atoms with Gasteiger partial charge in [-0.15, -0.1) is 5.11 Å². The van der Waals surface area contributed by atoms with Crippen LogP contribution in [0.5, 0.6) is 0 Å². The van der Waals surface area contributed by atoms with Crippen LogP contribution in [0, 0.1) is 0 Å². The fourth-order valence-corrected chi connectivity index (χ4v) is 0.392. The Labute approximate surface area is 48.0 Å². The molecule has 42 valence electrons. The SMILES string of the molecule is C=C1C=CN=NN1C. The van der Waals surface area contributed by atoms with E-state index in [0.717, 1.165) is 5.70 Å². The molecular weight excluding hydrogens is 102 g/mol. The summed E-state index contributed by atoms with van der Waals surface area (Å²) in [5, 5.41) is 8.91. The van der Waals surface area contributed by atoms with Crippen molar-refractivity contribution in [3.8, 4) is 0 Å². The van der Waals surface area contributed by atoms with E-state index in [1.165, 1.54) is 0 Å². The van der Waals surface area contributed by atoms with Gasteiger partial charge in [0.1, 0.15) is 0 Å². The summed E-state index contributed by atoms with van der Waals surface area (Å²) in [6.45, 7) is 3.68. The third kappa shape index (κ3) is 0.753. The van der Waals surface area contributed by atoms with Crippen molar-refractivity contribution in [2.24, 2.45) is 10.3 Å². The first kappa shape index (κ1) is 5.03. The third-order valence-corrected chi connectivity index (χ3v) is 0.935. The molecule has 0 aromatic carbocycles. The maximum Gasteiger partial charge on any atom is 0.0552 e. The maximum atomic E-state index is 3.68. The second kappa shape index (κ2) is 1.78. The number of hydrogen-bond donors (Lipinski definition) is 0. The van der Waals surface area contributed by atoms with E-state index in [1.807, 2.05) is 0 Å². The van der Waals surface area contributed by atoms with Gasteiger partial charge in [-0.1, -0.05) is 11.8 Å². The zero-order valence-electron chi connectivity index (χ0n) is 4.70. The standard InChI is InChI=1S/C5H7N3/c1-5-3-4-6-7-8(5)2/h3-4H,1H2,2H3. The van der Waals surface area contributed by atoms with E-state index in [-0.39, 0.29) is 0 Å². The summed E-state index contributed by atoms with van der Waals surface area (Å²) < 4.78 is 0. The Kier molecular flexibility index (Phi) is 1.12. The van der Waals surface area contributed by atoms with Gasteiger partial charge in [0.15, 0.2) is 0 Å². The summed E-state index contributed by atoms with van der Waals surface area (Å²) in [6.07, 6.45) is 3.41. The largest absolute Gasteiger partial charge is 0.251 e. The molecule has 0 atom stereocenters. The van der Waals surface area contributed by atoms with Crippen molar-refractivity contribution in [1.82, 2.24) is 5.01 Å². The molecule has 0 aromatic rings. The van der Waals surface area contributed by atoms with E-state index < -0.39 is 0 Å². The normalized spacial score (nSPS) is 17.6. The Balaban J connectivity index is 2.74. The van der Waals surface area contributed by atoms with Crippen molar-refractivity contribution in [1.29, 1.82) is 0 Å². The summed E-state index contributed by atoms with van der Waals surface area (Å²) in [7, 11) is 1.80. The van der Waals surface area contributed by atoms with E-state index >= 15 is 0 Å². The molecule has 0 N–H and O–H groups in total. The van der Waals surface area contributed by atoms with Gasteiger partial charge < -0.3 is 0 Å².